The van der Waals surface area contributed by atoms with Crippen LogP contribution in [-0.4, -0.2) is 62.9 Å². The summed E-state index contributed by atoms with van der Waals surface area (Å²) in [6.45, 7) is 4.36. The summed E-state index contributed by atoms with van der Waals surface area (Å²) < 4.78 is 10.9. The van der Waals surface area contributed by atoms with Crippen molar-refractivity contribution in [3.63, 3.8) is 0 Å². The number of likely N-dealkylation sites (tertiary alicyclic amines) is 1. The minimum absolute atomic E-state index is 0.0964. The van der Waals surface area contributed by atoms with Crippen molar-refractivity contribution >= 4 is 5.91 Å². The minimum atomic E-state index is 0.0964. The summed E-state index contributed by atoms with van der Waals surface area (Å²) in [4.78, 5) is 14.6. The molecule has 2 aliphatic heterocycles. The van der Waals surface area contributed by atoms with E-state index in [1.165, 1.54) is 38.8 Å². The molecule has 0 bridgehead atoms. The lowest BCUT2D eigenvalue weighted by Gasteiger charge is -2.43. The number of carbonyl (C=O) groups excluding carboxylic acids is 1. The van der Waals surface area contributed by atoms with Crippen molar-refractivity contribution in [3.8, 4) is 0 Å². The summed E-state index contributed by atoms with van der Waals surface area (Å²) in [5, 5.41) is 2.90. The highest BCUT2D eigenvalue weighted by atomic mass is 16.5. The van der Waals surface area contributed by atoms with E-state index in [0.717, 1.165) is 12.6 Å². The van der Waals surface area contributed by atoms with Crippen LogP contribution in [0.25, 0.3) is 0 Å². The van der Waals surface area contributed by atoms with Gasteiger partial charge in [0.2, 0.25) is 5.91 Å². The Balaban J connectivity index is 1.44. The molecule has 3 atom stereocenters. The van der Waals surface area contributed by atoms with E-state index in [1.54, 1.807) is 7.11 Å². The monoisotopic (exact) mass is 296 g/mol. The van der Waals surface area contributed by atoms with E-state index in [-0.39, 0.29) is 12.0 Å². The Bertz CT molecular complexity index is 359. The second kappa shape index (κ2) is 7.07. The van der Waals surface area contributed by atoms with E-state index < -0.39 is 0 Å². The number of methoxy groups -OCH3 is 1. The summed E-state index contributed by atoms with van der Waals surface area (Å²) in [5.74, 6) is 1.31. The fraction of sp³-hybridized carbons (Fsp3) is 0.938. The van der Waals surface area contributed by atoms with Crippen LogP contribution in [0.4, 0.5) is 0 Å². The number of piperidine rings is 1. The fourth-order valence-corrected chi connectivity index (χ4v) is 3.96. The van der Waals surface area contributed by atoms with Gasteiger partial charge in [-0.15, -0.1) is 0 Å². The Morgan fingerprint density at radius 2 is 2.24 bits per heavy atom. The minimum Gasteiger partial charge on any atom is -0.383 e. The third-order valence-corrected chi connectivity index (χ3v) is 5.43. The van der Waals surface area contributed by atoms with Gasteiger partial charge in [0.05, 0.1) is 25.7 Å². The molecule has 0 aromatic heterocycles. The molecule has 3 aliphatic rings. The van der Waals surface area contributed by atoms with Gasteiger partial charge in [0.15, 0.2) is 0 Å². The molecule has 2 saturated heterocycles. The number of hydrogen-bond acceptors (Lipinski definition) is 4. The van der Waals surface area contributed by atoms with Crippen LogP contribution >= 0.6 is 0 Å². The molecule has 0 aromatic rings. The topological polar surface area (TPSA) is 50.8 Å². The van der Waals surface area contributed by atoms with Gasteiger partial charge in [0.25, 0.3) is 0 Å². The number of hydrogen-bond donors (Lipinski definition) is 1. The third kappa shape index (κ3) is 3.58. The molecular formula is C16H28N2O3. The zero-order valence-corrected chi connectivity index (χ0v) is 13.1. The van der Waals surface area contributed by atoms with Crippen molar-refractivity contribution in [2.24, 2.45) is 11.8 Å². The van der Waals surface area contributed by atoms with E-state index >= 15 is 0 Å². The first-order chi connectivity index (χ1) is 10.3. The zero-order valence-electron chi connectivity index (χ0n) is 13.1. The van der Waals surface area contributed by atoms with Crippen LogP contribution in [0, 0.1) is 11.8 Å². The van der Waals surface area contributed by atoms with E-state index in [0.29, 0.717) is 31.4 Å². The van der Waals surface area contributed by atoms with Gasteiger partial charge in [0.1, 0.15) is 0 Å². The molecule has 0 spiro atoms. The highest BCUT2D eigenvalue weighted by molar-refractivity contribution is 5.76. The van der Waals surface area contributed by atoms with Crippen LogP contribution in [0.2, 0.25) is 0 Å². The largest absolute Gasteiger partial charge is 0.383 e. The quantitative estimate of drug-likeness (QED) is 0.744. The summed E-state index contributed by atoms with van der Waals surface area (Å²) in [5.41, 5.74) is 0. The molecule has 1 amide bonds. The van der Waals surface area contributed by atoms with Crippen molar-refractivity contribution in [1.82, 2.24) is 10.2 Å². The first-order valence-corrected chi connectivity index (χ1v) is 8.39. The lowest BCUT2D eigenvalue weighted by molar-refractivity contribution is -0.124. The Labute approximate surface area is 127 Å². The molecule has 1 N–H and O–H groups in total. The van der Waals surface area contributed by atoms with E-state index in [2.05, 4.69) is 10.2 Å². The summed E-state index contributed by atoms with van der Waals surface area (Å²) in [6, 6.07) is 0.836. The molecule has 120 valence electrons. The number of nitrogens with zero attached hydrogens (tertiary/aromatic N) is 1. The van der Waals surface area contributed by atoms with Crippen molar-refractivity contribution < 1.29 is 14.3 Å². The van der Waals surface area contributed by atoms with E-state index in [9.17, 15) is 4.79 Å². The molecule has 1 aliphatic carbocycles. The predicted molar refractivity (Wildman–Crippen MR) is 80.1 cm³/mol. The average Bonchev–Trinajstić information content (AvgIpc) is 2.80. The maximum absolute atomic E-state index is 11.9. The van der Waals surface area contributed by atoms with Gasteiger partial charge in [-0.05, 0) is 31.7 Å². The molecule has 0 radical (unpaired) electrons. The Hall–Kier alpha value is -0.650. The zero-order chi connectivity index (χ0) is 14.7. The summed E-state index contributed by atoms with van der Waals surface area (Å²) >= 11 is 0. The lowest BCUT2D eigenvalue weighted by Crippen LogP contribution is -2.49. The number of nitrogens with one attached hydrogen (secondary N) is 1. The maximum Gasteiger partial charge on any atom is 0.222 e. The molecule has 21 heavy (non-hydrogen) atoms. The highest BCUT2D eigenvalue weighted by Crippen LogP contribution is 2.38. The van der Waals surface area contributed by atoms with E-state index in [4.69, 9.17) is 9.47 Å². The molecule has 0 aromatic carbocycles. The number of amides is 1. The fourth-order valence-electron chi connectivity index (χ4n) is 3.96. The molecule has 5 nitrogen and oxygen atoms in total. The number of rotatable bonds is 6. The van der Waals surface area contributed by atoms with Gasteiger partial charge in [-0.25, -0.2) is 0 Å². The molecular weight excluding hydrogens is 268 g/mol. The van der Waals surface area contributed by atoms with Crippen molar-refractivity contribution in [3.05, 3.63) is 0 Å². The van der Waals surface area contributed by atoms with Gasteiger partial charge < -0.3 is 19.7 Å². The third-order valence-electron chi connectivity index (χ3n) is 5.43. The van der Waals surface area contributed by atoms with Gasteiger partial charge in [-0.3, -0.25) is 4.79 Å². The molecule has 2 heterocycles. The second-order valence-corrected chi connectivity index (χ2v) is 6.71. The predicted octanol–water partition coefficient (Wildman–Crippen LogP) is 1.03. The number of ether oxygens (including phenoxy) is 2. The van der Waals surface area contributed by atoms with Crippen LogP contribution in [0.5, 0.6) is 0 Å². The Morgan fingerprint density at radius 1 is 1.38 bits per heavy atom. The highest BCUT2D eigenvalue weighted by Gasteiger charge is 2.43. The van der Waals surface area contributed by atoms with Crippen LogP contribution < -0.4 is 5.32 Å². The van der Waals surface area contributed by atoms with Crippen molar-refractivity contribution in [2.45, 2.75) is 44.2 Å². The second-order valence-electron chi connectivity index (χ2n) is 6.71. The summed E-state index contributed by atoms with van der Waals surface area (Å²) in [6.07, 6.45) is 5.98. The van der Waals surface area contributed by atoms with Gasteiger partial charge in [-0.1, -0.05) is 6.42 Å². The summed E-state index contributed by atoms with van der Waals surface area (Å²) in [7, 11) is 1.65. The number of fused-ring (bicyclic) bond motifs is 1. The van der Waals surface area contributed by atoms with Crippen molar-refractivity contribution in [1.29, 1.82) is 0 Å². The van der Waals surface area contributed by atoms with Crippen LogP contribution in [0.3, 0.4) is 0 Å². The Morgan fingerprint density at radius 3 is 2.95 bits per heavy atom. The first-order valence-electron chi connectivity index (χ1n) is 8.39. The van der Waals surface area contributed by atoms with Gasteiger partial charge in [0, 0.05) is 32.2 Å². The molecule has 1 saturated carbocycles. The van der Waals surface area contributed by atoms with E-state index in [1.807, 2.05) is 0 Å². The van der Waals surface area contributed by atoms with Crippen molar-refractivity contribution in [2.75, 3.05) is 40.0 Å². The molecule has 0 unspecified atom stereocenters. The average molecular weight is 296 g/mol. The molecule has 3 fully saturated rings. The SMILES string of the molecule is COCCNC(=O)C[C@@H]1OC[C@@H]2CN(C3CCC3)CC[C@@H]21. The smallest absolute Gasteiger partial charge is 0.222 e. The number of carbonyl (C=O) groups is 1. The van der Waals surface area contributed by atoms with Crippen LogP contribution in [0.1, 0.15) is 32.1 Å². The molecule has 3 rings (SSSR count). The van der Waals surface area contributed by atoms with Gasteiger partial charge in [-0.2, -0.15) is 0 Å². The standard InChI is InChI=1S/C16H28N2O3/c1-20-8-6-17-16(19)9-15-14-5-7-18(13-3-2-4-13)10-12(14)11-21-15/h12-15H,2-11H2,1H3,(H,17,19)/t12-,14-,15-/m0/s1. The lowest BCUT2D eigenvalue weighted by atomic mass is 9.80. The molecule has 5 heteroatoms. The maximum atomic E-state index is 11.9. The first kappa shape index (κ1) is 15.3. The Kier molecular flexibility index (Phi) is 5.14. The normalized spacial score (nSPS) is 33.5. The van der Waals surface area contributed by atoms with Crippen LogP contribution in [0.15, 0.2) is 0 Å². The van der Waals surface area contributed by atoms with Gasteiger partial charge >= 0.3 is 0 Å². The van der Waals surface area contributed by atoms with Crippen LogP contribution in [-0.2, 0) is 14.3 Å².